The average molecular weight is 274 g/mol. The van der Waals surface area contributed by atoms with E-state index in [9.17, 15) is 4.39 Å². The van der Waals surface area contributed by atoms with Gasteiger partial charge >= 0.3 is 0 Å². The van der Waals surface area contributed by atoms with Crippen LogP contribution in [0.3, 0.4) is 0 Å². The predicted molar refractivity (Wildman–Crippen MR) is 79.4 cm³/mol. The molecule has 0 bridgehead atoms. The molecule has 0 aliphatic carbocycles. The van der Waals surface area contributed by atoms with Gasteiger partial charge < -0.3 is 10.2 Å². The first kappa shape index (κ1) is 14.2. The third-order valence-electron chi connectivity index (χ3n) is 3.13. The molecule has 2 rings (SSSR count). The smallest absolute Gasteiger partial charge is 0.137 e. The minimum absolute atomic E-state index is 0.196. The number of hydrogen-bond donors (Lipinski definition) is 1. The highest BCUT2D eigenvalue weighted by Crippen LogP contribution is 2.22. The Hall–Kier alpha value is -2.17. The van der Waals surface area contributed by atoms with Crippen LogP contribution in [-0.4, -0.2) is 23.6 Å². The summed E-state index contributed by atoms with van der Waals surface area (Å²) in [5.74, 6) is 1.43. The van der Waals surface area contributed by atoms with Gasteiger partial charge in [-0.05, 0) is 19.9 Å². The van der Waals surface area contributed by atoms with Gasteiger partial charge in [-0.25, -0.2) is 14.4 Å². The lowest BCUT2D eigenvalue weighted by Gasteiger charge is -2.21. The fourth-order valence-corrected chi connectivity index (χ4v) is 2.13. The number of aromatic nitrogens is 2. The fourth-order valence-electron chi connectivity index (χ4n) is 2.13. The van der Waals surface area contributed by atoms with Crippen LogP contribution in [0.4, 0.5) is 16.0 Å². The molecule has 5 heteroatoms. The van der Waals surface area contributed by atoms with Crippen LogP contribution in [0.15, 0.2) is 30.6 Å². The Bertz CT molecular complexity index is 586. The van der Waals surface area contributed by atoms with E-state index in [1.54, 1.807) is 12.1 Å². The van der Waals surface area contributed by atoms with Gasteiger partial charge in [0, 0.05) is 31.3 Å². The van der Waals surface area contributed by atoms with E-state index in [0.29, 0.717) is 12.1 Å². The molecule has 0 spiro atoms. The minimum atomic E-state index is -0.196. The first-order valence-corrected chi connectivity index (χ1v) is 6.63. The second kappa shape index (κ2) is 6.32. The third kappa shape index (κ3) is 3.04. The van der Waals surface area contributed by atoms with Crippen molar-refractivity contribution >= 4 is 11.6 Å². The van der Waals surface area contributed by atoms with Gasteiger partial charge in [0.05, 0.1) is 0 Å². The molecular formula is C15H19FN4. The fraction of sp³-hybridized carbons (Fsp3) is 0.333. The molecule has 2 aromatic rings. The largest absolute Gasteiger partial charge is 0.370 e. The second-order valence-corrected chi connectivity index (χ2v) is 4.65. The minimum Gasteiger partial charge on any atom is -0.370 e. The van der Waals surface area contributed by atoms with Gasteiger partial charge in [0.15, 0.2) is 0 Å². The van der Waals surface area contributed by atoms with Crippen LogP contribution < -0.4 is 10.2 Å². The molecule has 106 valence electrons. The summed E-state index contributed by atoms with van der Waals surface area (Å²) in [6.45, 7) is 5.25. The van der Waals surface area contributed by atoms with E-state index in [4.69, 9.17) is 0 Å². The Labute approximate surface area is 118 Å². The Kier molecular flexibility index (Phi) is 4.50. The molecule has 0 fully saturated rings. The van der Waals surface area contributed by atoms with Gasteiger partial charge in [-0.15, -0.1) is 0 Å². The van der Waals surface area contributed by atoms with Gasteiger partial charge in [0.25, 0.3) is 0 Å². The van der Waals surface area contributed by atoms with E-state index in [0.717, 1.165) is 23.7 Å². The first-order valence-electron chi connectivity index (χ1n) is 6.63. The van der Waals surface area contributed by atoms with Crippen molar-refractivity contribution < 1.29 is 4.39 Å². The van der Waals surface area contributed by atoms with E-state index >= 15 is 0 Å². The summed E-state index contributed by atoms with van der Waals surface area (Å²) in [6.07, 6.45) is 1.53. The number of hydrogen-bond acceptors (Lipinski definition) is 4. The lowest BCUT2D eigenvalue weighted by Crippen LogP contribution is -2.20. The highest BCUT2D eigenvalue weighted by atomic mass is 19.1. The first-order chi connectivity index (χ1) is 9.63. The van der Waals surface area contributed by atoms with Gasteiger partial charge in [0.2, 0.25) is 0 Å². The van der Waals surface area contributed by atoms with Crippen LogP contribution in [0.25, 0.3) is 0 Å². The van der Waals surface area contributed by atoms with Crippen LogP contribution in [-0.2, 0) is 6.54 Å². The van der Waals surface area contributed by atoms with Crippen LogP contribution in [0.5, 0.6) is 0 Å². The maximum absolute atomic E-state index is 13.7. The molecule has 0 amide bonds. The van der Waals surface area contributed by atoms with Crippen LogP contribution in [0, 0.1) is 12.7 Å². The van der Waals surface area contributed by atoms with Crippen molar-refractivity contribution in [2.24, 2.45) is 0 Å². The van der Waals surface area contributed by atoms with Crippen molar-refractivity contribution in [3.63, 3.8) is 0 Å². The zero-order valence-corrected chi connectivity index (χ0v) is 12.0. The van der Waals surface area contributed by atoms with Crippen molar-refractivity contribution in [1.82, 2.24) is 9.97 Å². The molecule has 0 saturated carbocycles. The van der Waals surface area contributed by atoms with Crippen molar-refractivity contribution in [2.45, 2.75) is 20.4 Å². The molecule has 0 radical (unpaired) electrons. The molecule has 0 aliphatic rings. The number of nitrogens with zero attached hydrogens (tertiary/aromatic N) is 3. The average Bonchev–Trinajstić information content (AvgIpc) is 2.44. The molecule has 0 unspecified atom stereocenters. The van der Waals surface area contributed by atoms with E-state index in [-0.39, 0.29) is 5.82 Å². The summed E-state index contributed by atoms with van der Waals surface area (Å²) < 4.78 is 13.7. The Morgan fingerprint density at radius 3 is 2.70 bits per heavy atom. The molecule has 0 atom stereocenters. The Morgan fingerprint density at radius 1 is 1.25 bits per heavy atom. The van der Waals surface area contributed by atoms with Crippen molar-refractivity contribution in [3.8, 4) is 0 Å². The van der Waals surface area contributed by atoms with Crippen molar-refractivity contribution in [3.05, 3.63) is 47.5 Å². The predicted octanol–water partition coefficient (Wildman–Crippen LogP) is 2.99. The second-order valence-electron chi connectivity index (χ2n) is 4.65. The lowest BCUT2D eigenvalue weighted by molar-refractivity contribution is 0.607. The van der Waals surface area contributed by atoms with E-state index in [1.807, 2.05) is 31.9 Å². The van der Waals surface area contributed by atoms with Crippen LogP contribution >= 0.6 is 0 Å². The highest BCUT2D eigenvalue weighted by Gasteiger charge is 2.12. The lowest BCUT2D eigenvalue weighted by atomic mass is 10.2. The third-order valence-corrected chi connectivity index (χ3v) is 3.13. The monoisotopic (exact) mass is 274 g/mol. The Morgan fingerprint density at radius 2 is 2.00 bits per heavy atom. The molecule has 4 nitrogen and oxygen atoms in total. The van der Waals surface area contributed by atoms with E-state index in [2.05, 4.69) is 15.3 Å². The molecule has 0 saturated heterocycles. The summed E-state index contributed by atoms with van der Waals surface area (Å²) in [5.41, 5.74) is 1.62. The molecule has 1 N–H and O–H groups in total. The number of anilines is 2. The summed E-state index contributed by atoms with van der Waals surface area (Å²) in [4.78, 5) is 10.4. The Balaban J connectivity index is 2.23. The number of halogens is 1. The maximum atomic E-state index is 13.7. The SMILES string of the molecule is CCNc1ncnc(N(C)Cc2ccccc2F)c1C. The van der Waals surface area contributed by atoms with Crippen molar-refractivity contribution in [2.75, 3.05) is 23.8 Å². The number of benzene rings is 1. The van der Waals surface area contributed by atoms with Gasteiger partial charge in [-0.1, -0.05) is 18.2 Å². The van der Waals surface area contributed by atoms with Gasteiger partial charge in [-0.3, -0.25) is 0 Å². The molecular weight excluding hydrogens is 255 g/mol. The van der Waals surface area contributed by atoms with E-state index < -0.39 is 0 Å². The van der Waals surface area contributed by atoms with Gasteiger partial charge in [0.1, 0.15) is 23.8 Å². The quantitative estimate of drug-likeness (QED) is 0.910. The maximum Gasteiger partial charge on any atom is 0.137 e. The van der Waals surface area contributed by atoms with Crippen molar-refractivity contribution in [1.29, 1.82) is 0 Å². The summed E-state index contributed by atoms with van der Waals surface area (Å²) >= 11 is 0. The molecule has 1 aromatic carbocycles. The highest BCUT2D eigenvalue weighted by molar-refractivity contribution is 5.57. The molecule has 20 heavy (non-hydrogen) atoms. The standard InChI is InChI=1S/C15H19FN4/c1-4-17-14-11(2)15(19-10-18-14)20(3)9-12-7-5-6-8-13(12)16/h5-8,10H,4,9H2,1-3H3,(H,17,18,19). The summed E-state index contributed by atoms with van der Waals surface area (Å²) in [6, 6.07) is 6.79. The molecule has 0 aliphatic heterocycles. The zero-order chi connectivity index (χ0) is 14.5. The zero-order valence-electron chi connectivity index (χ0n) is 12.0. The molecule has 1 heterocycles. The summed E-state index contributed by atoms with van der Waals surface area (Å²) in [5, 5.41) is 3.19. The normalized spacial score (nSPS) is 10.4. The molecule has 1 aromatic heterocycles. The number of nitrogens with one attached hydrogen (secondary N) is 1. The summed E-state index contributed by atoms with van der Waals surface area (Å²) in [7, 11) is 1.90. The number of rotatable bonds is 5. The van der Waals surface area contributed by atoms with Crippen LogP contribution in [0.2, 0.25) is 0 Å². The van der Waals surface area contributed by atoms with Gasteiger partial charge in [-0.2, -0.15) is 0 Å². The topological polar surface area (TPSA) is 41.1 Å². The van der Waals surface area contributed by atoms with E-state index in [1.165, 1.54) is 12.4 Å². The van der Waals surface area contributed by atoms with Crippen LogP contribution in [0.1, 0.15) is 18.1 Å².